The molecule has 0 atom stereocenters. The third-order valence-corrected chi connectivity index (χ3v) is 1.55. The van der Waals surface area contributed by atoms with Crippen molar-refractivity contribution in [3.63, 3.8) is 0 Å². The van der Waals surface area contributed by atoms with Gasteiger partial charge in [-0.15, -0.1) is 13.2 Å². The molecule has 0 aliphatic carbocycles. The number of benzene rings is 1. The number of carboxylic acid groups (broad SMARTS) is 1. The molecule has 1 N–H and O–H groups in total. The lowest BCUT2D eigenvalue weighted by Crippen LogP contribution is -2.21. The number of para-hydroxylation sites is 1. The van der Waals surface area contributed by atoms with E-state index in [1.165, 1.54) is 12.1 Å². The zero-order chi connectivity index (χ0) is 12.3. The molecule has 1 rings (SSSR count). The number of alkyl halides is 3. The SMILES string of the molecule is O=C(O)C(=O)c1ccccc1OC(F)(F)F. The second kappa shape index (κ2) is 4.21. The van der Waals surface area contributed by atoms with E-state index in [2.05, 4.69) is 4.74 Å². The average Bonchev–Trinajstić information content (AvgIpc) is 2.15. The van der Waals surface area contributed by atoms with Crippen LogP contribution in [-0.4, -0.2) is 23.2 Å². The second-order valence-corrected chi connectivity index (χ2v) is 2.68. The van der Waals surface area contributed by atoms with E-state index >= 15 is 0 Å². The number of hydrogen-bond donors (Lipinski definition) is 1. The Labute approximate surface area is 87.3 Å². The van der Waals surface area contributed by atoms with Gasteiger partial charge in [0.05, 0.1) is 5.56 Å². The Kier molecular flexibility index (Phi) is 3.17. The normalized spacial score (nSPS) is 10.9. The molecule has 0 fully saturated rings. The number of halogens is 3. The predicted molar refractivity (Wildman–Crippen MR) is 45.1 cm³/mol. The molecule has 0 bridgehead atoms. The molecule has 0 spiro atoms. The van der Waals surface area contributed by atoms with Crippen molar-refractivity contribution >= 4 is 11.8 Å². The summed E-state index contributed by atoms with van der Waals surface area (Å²) in [7, 11) is 0. The third kappa shape index (κ3) is 2.97. The fourth-order valence-corrected chi connectivity index (χ4v) is 0.983. The van der Waals surface area contributed by atoms with E-state index in [9.17, 15) is 22.8 Å². The van der Waals surface area contributed by atoms with Crippen LogP contribution in [0.15, 0.2) is 24.3 Å². The first-order chi connectivity index (χ1) is 7.31. The Bertz CT molecular complexity index is 425. The van der Waals surface area contributed by atoms with Gasteiger partial charge in [-0.25, -0.2) is 4.79 Å². The maximum atomic E-state index is 11.9. The summed E-state index contributed by atoms with van der Waals surface area (Å²) in [4.78, 5) is 21.3. The summed E-state index contributed by atoms with van der Waals surface area (Å²) in [5, 5.41) is 8.37. The molecule has 1 aromatic carbocycles. The smallest absolute Gasteiger partial charge is 0.475 e. The first kappa shape index (κ1) is 12.0. The first-order valence-electron chi connectivity index (χ1n) is 3.93. The van der Waals surface area contributed by atoms with Crippen LogP contribution in [0.1, 0.15) is 10.4 Å². The fraction of sp³-hybridized carbons (Fsp3) is 0.111. The van der Waals surface area contributed by atoms with Crippen LogP contribution < -0.4 is 4.74 Å². The highest BCUT2D eigenvalue weighted by molar-refractivity contribution is 6.40. The monoisotopic (exact) mass is 234 g/mol. The number of aliphatic carboxylic acids is 1. The van der Waals surface area contributed by atoms with Crippen molar-refractivity contribution in [3.05, 3.63) is 29.8 Å². The van der Waals surface area contributed by atoms with Crippen molar-refractivity contribution in [3.8, 4) is 5.75 Å². The molecule has 7 heteroatoms. The molecule has 0 aromatic heterocycles. The van der Waals surface area contributed by atoms with Crippen LogP contribution in [0.25, 0.3) is 0 Å². The molecule has 0 saturated heterocycles. The summed E-state index contributed by atoms with van der Waals surface area (Å²) in [5.41, 5.74) is -0.646. The number of hydrogen-bond acceptors (Lipinski definition) is 3. The highest BCUT2D eigenvalue weighted by Crippen LogP contribution is 2.26. The van der Waals surface area contributed by atoms with Gasteiger partial charge in [0.1, 0.15) is 5.75 Å². The van der Waals surface area contributed by atoms with Crippen LogP contribution in [0.5, 0.6) is 5.75 Å². The molecule has 0 aliphatic rings. The minimum atomic E-state index is -4.98. The highest BCUT2D eigenvalue weighted by atomic mass is 19.4. The van der Waals surface area contributed by atoms with Gasteiger partial charge in [0, 0.05) is 0 Å². The van der Waals surface area contributed by atoms with Crippen LogP contribution in [0, 0.1) is 0 Å². The van der Waals surface area contributed by atoms with Gasteiger partial charge in [0.2, 0.25) is 0 Å². The van der Waals surface area contributed by atoms with Crippen LogP contribution >= 0.6 is 0 Å². The molecule has 0 heterocycles. The van der Waals surface area contributed by atoms with Crippen molar-refractivity contribution in [2.75, 3.05) is 0 Å². The summed E-state index contributed by atoms with van der Waals surface area (Å²) in [6.45, 7) is 0. The summed E-state index contributed by atoms with van der Waals surface area (Å²) in [6, 6.07) is 4.24. The quantitative estimate of drug-likeness (QED) is 0.640. The fourth-order valence-electron chi connectivity index (χ4n) is 0.983. The number of carbonyl (C=O) groups excluding carboxylic acids is 1. The van der Waals surface area contributed by atoms with Crippen LogP contribution in [0.4, 0.5) is 13.2 Å². The molecule has 4 nitrogen and oxygen atoms in total. The minimum Gasteiger partial charge on any atom is -0.475 e. The number of Topliss-reactive ketones (excluding diaryl/α,β-unsaturated/α-hetero) is 1. The van der Waals surface area contributed by atoms with Crippen molar-refractivity contribution in [2.45, 2.75) is 6.36 Å². The van der Waals surface area contributed by atoms with Crippen LogP contribution in [-0.2, 0) is 4.79 Å². The standard InChI is InChI=1S/C9H5F3O4/c10-9(11,12)16-6-4-2-1-3-5(6)7(13)8(14)15/h1-4H,(H,14,15). The highest BCUT2D eigenvalue weighted by Gasteiger charge is 2.33. The van der Waals surface area contributed by atoms with Crippen molar-refractivity contribution in [1.29, 1.82) is 0 Å². The van der Waals surface area contributed by atoms with Crippen molar-refractivity contribution in [1.82, 2.24) is 0 Å². The Balaban J connectivity index is 3.10. The number of ether oxygens (including phenoxy) is 1. The van der Waals surface area contributed by atoms with Gasteiger partial charge in [-0.1, -0.05) is 12.1 Å². The van der Waals surface area contributed by atoms with Gasteiger partial charge in [0.15, 0.2) is 0 Å². The summed E-state index contributed by atoms with van der Waals surface area (Å²) >= 11 is 0. The van der Waals surface area contributed by atoms with E-state index in [-0.39, 0.29) is 0 Å². The van der Waals surface area contributed by atoms with E-state index in [4.69, 9.17) is 5.11 Å². The Hall–Kier alpha value is -2.05. The molecule has 0 unspecified atom stereocenters. The lowest BCUT2D eigenvalue weighted by molar-refractivity contribution is -0.274. The largest absolute Gasteiger partial charge is 0.573 e. The van der Waals surface area contributed by atoms with Crippen LogP contribution in [0.3, 0.4) is 0 Å². The van der Waals surface area contributed by atoms with Crippen molar-refractivity contribution < 1.29 is 32.6 Å². The third-order valence-electron chi connectivity index (χ3n) is 1.55. The molecule has 86 valence electrons. The molecule has 0 aliphatic heterocycles. The molecule has 0 saturated carbocycles. The van der Waals surface area contributed by atoms with E-state index in [1.54, 1.807) is 0 Å². The minimum absolute atomic E-state index is 0.646. The maximum absolute atomic E-state index is 11.9. The Morgan fingerprint density at radius 3 is 2.25 bits per heavy atom. The Morgan fingerprint density at radius 2 is 1.75 bits per heavy atom. The number of carbonyl (C=O) groups is 2. The lowest BCUT2D eigenvalue weighted by Gasteiger charge is -2.11. The van der Waals surface area contributed by atoms with Gasteiger partial charge in [-0.05, 0) is 12.1 Å². The van der Waals surface area contributed by atoms with Gasteiger partial charge >= 0.3 is 12.3 Å². The van der Waals surface area contributed by atoms with E-state index in [0.29, 0.717) is 0 Å². The first-order valence-corrected chi connectivity index (χ1v) is 3.93. The number of carboxylic acids is 1. The van der Waals surface area contributed by atoms with E-state index < -0.39 is 29.4 Å². The summed E-state index contributed by atoms with van der Waals surface area (Å²) in [5.74, 6) is -4.14. The van der Waals surface area contributed by atoms with Gasteiger partial charge in [-0.3, -0.25) is 4.79 Å². The average molecular weight is 234 g/mol. The summed E-state index contributed by atoms with van der Waals surface area (Å²) in [6.07, 6.45) is -4.98. The maximum Gasteiger partial charge on any atom is 0.573 e. The lowest BCUT2D eigenvalue weighted by atomic mass is 10.1. The van der Waals surface area contributed by atoms with Crippen LogP contribution in [0.2, 0.25) is 0 Å². The predicted octanol–water partition coefficient (Wildman–Crippen LogP) is 1.85. The van der Waals surface area contributed by atoms with Gasteiger partial charge in [-0.2, -0.15) is 0 Å². The molecular formula is C9H5F3O4. The van der Waals surface area contributed by atoms with Gasteiger partial charge in [0.25, 0.3) is 5.78 Å². The molecule has 0 radical (unpaired) electrons. The zero-order valence-electron chi connectivity index (χ0n) is 7.62. The number of rotatable bonds is 3. The van der Waals surface area contributed by atoms with E-state index in [0.717, 1.165) is 12.1 Å². The summed E-state index contributed by atoms with van der Waals surface area (Å²) < 4.78 is 39.2. The van der Waals surface area contributed by atoms with Crippen molar-refractivity contribution in [2.24, 2.45) is 0 Å². The topological polar surface area (TPSA) is 63.6 Å². The van der Waals surface area contributed by atoms with E-state index in [1.807, 2.05) is 0 Å². The second-order valence-electron chi connectivity index (χ2n) is 2.68. The molecule has 16 heavy (non-hydrogen) atoms. The zero-order valence-corrected chi connectivity index (χ0v) is 7.62. The molecule has 1 aromatic rings. The number of ketones is 1. The molecule has 0 amide bonds. The Morgan fingerprint density at radius 1 is 1.19 bits per heavy atom. The molecular weight excluding hydrogens is 229 g/mol. The van der Waals surface area contributed by atoms with Gasteiger partial charge < -0.3 is 9.84 Å².